The van der Waals surface area contributed by atoms with Crippen molar-refractivity contribution in [2.45, 2.75) is 65.9 Å². The summed E-state index contributed by atoms with van der Waals surface area (Å²) in [5, 5.41) is 6.30. The van der Waals surface area contributed by atoms with Crippen molar-refractivity contribution in [2.24, 2.45) is 5.92 Å². The SMILES string of the molecule is CNc1nccc(COc2ccc(C(C)(C)c3cc(Cl)c(OCCCl)c(C(=O)NCCCCCOc4ccc(C)c(C(=O)C(C)C)c4)c3)cc2)n1. The van der Waals surface area contributed by atoms with Gasteiger partial charge in [0.25, 0.3) is 5.91 Å². The highest BCUT2D eigenvalue weighted by molar-refractivity contribution is 6.32. The molecule has 0 fully saturated rings. The van der Waals surface area contributed by atoms with Crippen LogP contribution in [0, 0.1) is 12.8 Å². The van der Waals surface area contributed by atoms with Crippen LogP contribution >= 0.6 is 23.2 Å². The topological polar surface area (TPSA) is 112 Å². The molecule has 1 aromatic heterocycles. The summed E-state index contributed by atoms with van der Waals surface area (Å²) in [6, 6.07) is 19.0. The Hall–Kier alpha value is -4.34. The summed E-state index contributed by atoms with van der Waals surface area (Å²) >= 11 is 12.7. The van der Waals surface area contributed by atoms with Crippen LogP contribution in [0.1, 0.15) is 90.1 Å². The first-order chi connectivity index (χ1) is 24.4. The first-order valence-corrected chi connectivity index (χ1v) is 18.2. The smallest absolute Gasteiger partial charge is 0.255 e. The molecule has 4 aromatic rings. The molecule has 0 atom stereocenters. The minimum atomic E-state index is -0.503. The van der Waals surface area contributed by atoms with Gasteiger partial charge in [-0.25, -0.2) is 9.97 Å². The van der Waals surface area contributed by atoms with Crippen molar-refractivity contribution in [3.05, 3.63) is 105 Å². The standard InChI is InChI=1S/C40H48Cl2N4O5/c1-26(2)36(47)33-24-32(13-10-27(33)3)49-20-9-7-8-18-44-38(48)34-22-29(23-35(42)37(34)50-21-17-41)40(4,5)28-11-14-31(15-12-28)51-25-30-16-19-45-39(43-6)46-30/h10-16,19,22-24,26H,7-9,17-18,20-21,25H2,1-6H3,(H,44,48)(H,43,45,46). The van der Waals surface area contributed by atoms with E-state index in [1.54, 1.807) is 13.2 Å². The summed E-state index contributed by atoms with van der Waals surface area (Å²) in [5.41, 5.74) is 4.14. The maximum absolute atomic E-state index is 13.5. The lowest BCUT2D eigenvalue weighted by Crippen LogP contribution is -2.27. The molecule has 0 saturated carbocycles. The largest absolute Gasteiger partial charge is 0.494 e. The minimum Gasteiger partial charge on any atom is -0.494 e. The summed E-state index contributed by atoms with van der Waals surface area (Å²) in [4.78, 5) is 34.6. The van der Waals surface area contributed by atoms with Gasteiger partial charge in [-0.05, 0) is 85.3 Å². The summed E-state index contributed by atoms with van der Waals surface area (Å²) in [6.07, 6.45) is 4.11. The molecule has 11 heteroatoms. The molecule has 0 radical (unpaired) electrons. The monoisotopic (exact) mass is 734 g/mol. The highest BCUT2D eigenvalue weighted by Gasteiger charge is 2.28. The summed E-state index contributed by atoms with van der Waals surface area (Å²) in [5.74, 6) is 2.26. The van der Waals surface area contributed by atoms with Crippen LogP contribution < -0.4 is 24.8 Å². The van der Waals surface area contributed by atoms with Gasteiger partial charge in [0.2, 0.25) is 5.95 Å². The van der Waals surface area contributed by atoms with Crippen LogP contribution in [0.2, 0.25) is 5.02 Å². The third-order valence-electron chi connectivity index (χ3n) is 8.61. The Balaban J connectivity index is 1.36. The summed E-state index contributed by atoms with van der Waals surface area (Å²) in [6.45, 7) is 11.4. The average Bonchev–Trinajstić information content (AvgIpc) is 3.13. The van der Waals surface area contributed by atoms with Gasteiger partial charge >= 0.3 is 0 Å². The van der Waals surface area contributed by atoms with Crippen LogP contribution in [0.3, 0.4) is 0 Å². The number of alkyl halides is 1. The number of unbranched alkanes of at least 4 members (excludes halogenated alkanes) is 2. The molecule has 0 bridgehead atoms. The Morgan fingerprint density at radius 2 is 1.61 bits per heavy atom. The lowest BCUT2D eigenvalue weighted by Gasteiger charge is -2.28. The highest BCUT2D eigenvalue weighted by Crippen LogP contribution is 2.39. The van der Waals surface area contributed by atoms with E-state index < -0.39 is 5.41 Å². The number of ketones is 1. The number of aryl methyl sites for hydroxylation is 1. The van der Waals surface area contributed by atoms with E-state index in [2.05, 4.69) is 34.4 Å². The second-order valence-electron chi connectivity index (χ2n) is 13.1. The van der Waals surface area contributed by atoms with Gasteiger partial charge < -0.3 is 24.8 Å². The van der Waals surface area contributed by atoms with E-state index in [1.165, 1.54) is 0 Å². The van der Waals surface area contributed by atoms with Gasteiger partial charge in [0, 0.05) is 36.7 Å². The average molecular weight is 736 g/mol. The van der Waals surface area contributed by atoms with Crippen LogP contribution in [-0.2, 0) is 12.0 Å². The van der Waals surface area contributed by atoms with Crippen LogP contribution in [0.5, 0.6) is 17.2 Å². The van der Waals surface area contributed by atoms with Crippen molar-refractivity contribution in [3.63, 3.8) is 0 Å². The van der Waals surface area contributed by atoms with Crippen molar-refractivity contribution < 1.29 is 23.8 Å². The maximum atomic E-state index is 13.5. The lowest BCUT2D eigenvalue weighted by molar-refractivity contribution is 0.0934. The van der Waals surface area contributed by atoms with Gasteiger partial charge in [-0.2, -0.15) is 0 Å². The van der Waals surface area contributed by atoms with Gasteiger partial charge in [-0.15, -0.1) is 11.6 Å². The third-order valence-corrected chi connectivity index (χ3v) is 9.04. The third kappa shape index (κ3) is 10.8. The summed E-state index contributed by atoms with van der Waals surface area (Å²) in [7, 11) is 1.77. The normalized spacial score (nSPS) is 11.3. The predicted molar refractivity (Wildman–Crippen MR) is 204 cm³/mol. The molecule has 4 rings (SSSR count). The van der Waals surface area contributed by atoms with Crippen LogP contribution in [0.15, 0.2) is 66.9 Å². The molecule has 0 saturated heterocycles. The molecule has 2 N–H and O–H groups in total. The van der Waals surface area contributed by atoms with Gasteiger partial charge in [0.05, 0.1) is 28.8 Å². The number of aromatic nitrogens is 2. The molecular weight excluding hydrogens is 687 g/mol. The van der Waals surface area contributed by atoms with E-state index in [9.17, 15) is 9.59 Å². The molecule has 0 spiro atoms. The molecule has 51 heavy (non-hydrogen) atoms. The Morgan fingerprint density at radius 3 is 2.31 bits per heavy atom. The quantitative estimate of drug-likeness (QED) is 0.0559. The molecule has 0 unspecified atom stereocenters. The summed E-state index contributed by atoms with van der Waals surface area (Å²) < 4.78 is 17.7. The molecule has 272 valence electrons. The fraction of sp³-hybridized carbons (Fsp3) is 0.400. The fourth-order valence-electron chi connectivity index (χ4n) is 5.46. The predicted octanol–water partition coefficient (Wildman–Crippen LogP) is 8.82. The number of carbonyl (C=O) groups is 2. The van der Waals surface area contributed by atoms with Crippen LogP contribution in [-0.4, -0.2) is 54.3 Å². The Morgan fingerprint density at radius 1 is 0.863 bits per heavy atom. The van der Waals surface area contributed by atoms with Crippen LogP contribution in [0.25, 0.3) is 0 Å². The van der Waals surface area contributed by atoms with E-state index in [1.807, 2.05) is 81.4 Å². The van der Waals surface area contributed by atoms with E-state index in [0.717, 1.165) is 41.6 Å². The number of hydrogen-bond donors (Lipinski definition) is 2. The van der Waals surface area contributed by atoms with Crippen molar-refractivity contribution in [3.8, 4) is 17.2 Å². The lowest BCUT2D eigenvalue weighted by atomic mass is 9.77. The number of nitrogens with zero attached hydrogens (tertiary/aromatic N) is 2. The van der Waals surface area contributed by atoms with Crippen molar-refractivity contribution in [1.29, 1.82) is 0 Å². The maximum Gasteiger partial charge on any atom is 0.255 e. The highest BCUT2D eigenvalue weighted by atomic mass is 35.5. The second-order valence-corrected chi connectivity index (χ2v) is 13.9. The molecule has 1 amide bonds. The number of Topliss-reactive ketones (excluding diaryl/α,β-unsaturated/α-hetero) is 1. The zero-order valence-corrected chi connectivity index (χ0v) is 31.8. The number of nitrogens with one attached hydrogen (secondary N) is 2. The Kier molecular flexibility index (Phi) is 14.5. The number of ether oxygens (including phenoxy) is 3. The van der Waals surface area contributed by atoms with Gasteiger partial charge in [0.1, 0.15) is 24.7 Å². The van der Waals surface area contributed by atoms with Gasteiger partial charge in [-0.1, -0.05) is 57.5 Å². The molecule has 1 heterocycles. The second kappa shape index (κ2) is 18.8. The molecular formula is C40H48Cl2N4O5. The molecule has 0 aliphatic rings. The number of rotatable bonds is 19. The van der Waals surface area contributed by atoms with Gasteiger partial charge in [0.15, 0.2) is 11.5 Å². The van der Waals surface area contributed by atoms with Crippen LogP contribution in [0.4, 0.5) is 5.95 Å². The number of hydrogen-bond acceptors (Lipinski definition) is 8. The van der Waals surface area contributed by atoms with Gasteiger partial charge in [-0.3, -0.25) is 9.59 Å². The van der Waals surface area contributed by atoms with Crippen molar-refractivity contribution >= 4 is 40.8 Å². The number of halogens is 2. The van der Waals surface area contributed by atoms with E-state index in [-0.39, 0.29) is 30.1 Å². The number of amides is 1. The first kappa shape index (κ1) is 39.4. The molecule has 0 aliphatic heterocycles. The first-order valence-electron chi connectivity index (χ1n) is 17.3. The molecule has 9 nitrogen and oxygen atoms in total. The fourth-order valence-corrected chi connectivity index (χ4v) is 5.81. The van der Waals surface area contributed by atoms with Crippen molar-refractivity contribution in [1.82, 2.24) is 15.3 Å². The minimum absolute atomic E-state index is 0.0738. The zero-order chi connectivity index (χ0) is 37.0. The molecule has 3 aromatic carbocycles. The Bertz CT molecular complexity index is 1780. The zero-order valence-electron chi connectivity index (χ0n) is 30.3. The van der Waals surface area contributed by atoms with E-state index in [4.69, 9.17) is 37.4 Å². The Labute approximate surface area is 311 Å². The van der Waals surface area contributed by atoms with E-state index in [0.29, 0.717) is 59.1 Å². The number of carbonyl (C=O) groups excluding carboxylic acids is 2. The number of anilines is 1. The number of benzene rings is 3. The van der Waals surface area contributed by atoms with Crippen molar-refractivity contribution in [2.75, 3.05) is 38.0 Å². The molecule has 0 aliphatic carbocycles. The van der Waals surface area contributed by atoms with E-state index >= 15 is 0 Å².